The van der Waals surface area contributed by atoms with Crippen molar-refractivity contribution in [3.8, 4) is 0 Å². The van der Waals surface area contributed by atoms with Gasteiger partial charge in [-0.05, 0) is 18.1 Å². The summed E-state index contributed by atoms with van der Waals surface area (Å²) < 4.78 is 2.18. The van der Waals surface area contributed by atoms with Crippen LogP contribution in [0.25, 0.3) is 0 Å². The van der Waals surface area contributed by atoms with E-state index < -0.39 is 0 Å². The monoisotopic (exact) mass is 199 g/mol. The highest BCUT2D eigenvalue weighted by Crippen LogP contribution is 2.31. The number of para-hydroxylation sites is 1. The number of anilines is 1. The summed E-state index contributed by atoms with van der Waals surface area (Å²) in [5.74, 6) is 0. The van der Waals surface area contributed by atoms with E-state index in [1.807, 2.05) is 18.7 Å². The molecule has 1 aromatic heterocycles. The van der Waals surface area contributed by atoms with Crippen LogP contribution >= 0.6 is 0 Å². The largest absolute Gasteiger partial charge is 0.385 e. The molecule has 1 unspecified atom stereocenters. The van der Waals surface area contributed by atoms with Crippen LogP contribution < -0.4 is 5.32 Å². The van der Waals surface area contributed by atoms with E-state index in [0.29, 0.717) is 6.04 Å². The Morgan fingerprint density at radius 2 is 2.27 bits per heavy atom. The lowest BCUT2D eigenvalue weighted by Crippen LogP contribution is -2.21. The van der Waals surface area contributed by atoms with Gasteiger partial charge in [0.1, 0.15) is 0 Å². The van der Waals surface area contributed by atoms with Gasteiger partial charge in [0.15, 0.2) is 0 Å². The first-order valence-corrected chi connectivity index (χ1v) is 5.25. The maximum Gasteiger partial charge on any atom is 0.0951 e. The van der Waals surface area contributed by atoms with Crippen LogP contribution in [0.1, 0.15) is 18.0 Å². The lowest BCUT2D eigenvalue weighted by atomic mass is 9.98. The molecule has 1 aliphatic heterocycles. The Balaban J connectivity index is 2.06. The second-order valence-electron chi connectivity index (χ2n) is 3.83. The maximum atomic E-state index is 4.11. The molecule has 3 heteroatoms. The van der Waals surface area contributed by atoms with Gasteiger partial charge in [-0.3, -0.25) is 0 Å². The Bertz CT molecular complexity index is 448. The molecule has 1 N–H and O–H groups in total. The molecule has 3 nitrogen and oxygen atoms in total. The Hall–Kier alpha value is -1.77. The minimum absolute atomic E-state index is 0.435. The van der Waals surface area contributed by atoms with Crippen molar-refractivity contribution in [2.24, 2.45) is 0 Å². The van der Waals surface area contributed by atoms with E-state index in [-0.39, 0.29) is 0 Å². The van der Waals surface area contributed by atoms with Crippen LogP contribution in [0.5, 0.6) is 0 Å². The molecule has 1 aromatic carbocycles. The van der Waals surface area contributed by atoms with E-state index in [4.69, 9.17) is 0 Å². The molecule has 0 radical (unpaired) electrons. The maximum absolute atomic E-state index is 4.11. The number of hydrogen-bond acceptors (Lipinski definition) is 2. The van der Waals surface area contributed by atoms with Gasteiger partial charge in [0.25, 0.3) is 0 Å². The lowest BCUT2D eigenvalue weighted by molar-refractivity contribution is 0.542. The zero-order chi connectivity index (χ0) is 10.1. The minimum atomic E-state index is 0.435. The van der Waals surface area contributed by atoms with Crippen LogP contribution in [0.3, 0.4) is 0 Å². The van der Waals surface area contributed by atoms with Gasteiger partial charge in [0.05, 0.1) is 12.4 Å². The number of imidazole rings is 1. The van der Waals surface area contributed by atoms with Crippen molar-refractivity contribution < 1.29 is 0 Å². The number of nitrogens with zero attached hydrogens (tertiary/aromatic N) is 2. The quantitative estimate of drug-likeness (QED) is 0.763. The Labute approximate surface area is 88.8 Å². The van der Waals surface area contributed by atoms with Crippen molar-refractivity contribution in [2.45, 2.75) is 12.5 Å². The average molecular weight is 199 g/mol. The molecule has 0 saturated carbocycles. The van der Waals surface area contributed by atoms with Gasteiger partial charge in [0.2, 0.25) is 0 Å². The van der Waals surface area contributed by atoms with E-state index in [2.05, 4.69) is 39.1 Å². The molecule has 0 fully saturated rings. The molecular formula is C12H13N3. The van der Waals surface area contributed by atoms with Gasteiger partial charge in [0, 0.05) is 24.6 Å². The highest BCUT2D eigenvalue weighted by atomic mass is 15.1. The van der Waals surface area contributed by atoms with Gasteiger partial charge in [-0.15, -0.1) is 0 Å². The molecule has 76 valence electrons. The van der Waals surface area contributed by atoms with Gasteiger partial charge in [-0.25, -0.2) is 4.98 Å². The van der Waals surface area contributed by atoms with Crippen LogP contribution in [0, 0.1) is 0 Å². The number of aromatic nitrogens is 2. The fraction of sp³-hybridized carbons (Fsp3) is 0.250. The third-order valence-corrected chi connectivity index (χ3v) is 2.94. The predicted octanol–water partition coefficient (Wildman–Crippen LogP) is 2.29. The zero-order valence-corrected chi connectivity index (χ0v) is 8.43. The first kappa shape index (κ1) is 8.53. The zero-order valence-electron chi connectivity index (χ0n) is 8.43. The predicted molar refractivity (Wildman–Crippen MR) is 59.9 cm³/mol. The van der Waals surface area contributed by atoms with Crippen LogP contribution in [0.15, 0.2) is 43.0 Å². The van der Waals surface area contributed by atoms with E-state index in [1.165, 1.54) is 11.3 Å². The van der Waals surface area contributed by atoms with E-state index in [9.17, 15) is 0 Å². The molecule has 0 spiro atoms. The normalized spacial score (nSPS) is 19.3. The minimum Gasteiger partial charge on any atom is -0.385 e. The molecule has 15 heavy (non-hydrogen) atoms. The van der Waals surface area contributed by atoms with Crippen LogP contribution in [0.2, 0.25) is 0 Å². The summed E-state index contributed by atoms with van der Waals surface area (Å²) in [5, 5.41) is 3.42. The first-order valence-electron chi connectivity index (χ1n) is 5.25. The summed E-state index contributed by atoms with van der Waals surface area (Å²) in [6, 6.07) is 8.92. The number of benzene rings is 1. The van der Waals surface area contributed by atoms with Gasteiger partial charge in [-0.2, -0.15) is 0 Å². The summed E-state index contributed by atoms with van der Waals surface area (Å²) in [7, 11) is 0. The average Bonchev–Trinajstić information content (AvgIpc) is 2.82. The van der Waals surface area contributed by atoms with Crippen molar-refractivity contribution in [1.82, 2.24) is 9.55 Å². The fourth-order valence-electron chi connectivity index (χ4n) is 2.21. The number of rotatable bonds is 1. The summed E-state index contributed by atoms with van der Waals surface area (Å²) >= 11 is 0. The summed E-state index contributed by atoms with van der Waals surface area (Å²) in [6.07, 6.45) is 6.89. The van der Waals surface area contributed by atoms with Crippen molar-refractivity contribution in [1.29, 1.82) is 0 Å². The van der Waals surface area contributed by atoms with Crippen molar-refractivity contribution >= 4 is 5.69 Å². The van der Waals surface area contributed by atoms with Crippen molar-refractivity contribution in [3.63, 3.8) is 0 Å². The van der Waals surface area contributed by atoms with Crippen molar-refractivity contribution in [3.05, 3.63) is 48.5 Å². The van der Waals surface area contributed by atoms with E-state index in [1.54, 1.807) is 0 Å². The Morgan fingerprint density at radius 3 is 3.13 bits per heavy atom. The smallest absolute Gasteiger partial charge is 0.0951 e. The van der Waals surface area contributed by atoms with Crippen molar-refractivity contribution in [2.75, 3.05) is 11.9 Å². The topological polar surface area (TPSA) is 29.9 Å². The lowest BCUT2D eigenvalue weighted by Gasteiger charge is -2.27. The third kappa shape index (κ3) is 1.40. The SMILES string of the molecule is c1ccc2c(c1)NCCC2n1ccnc1. The molecule has 1 atom stereocenters. The summed E-state index contributed by atoms with van der Waals surface area (Å²) in [5.41, 5.74) is 2.62. The summed E-state index contributed by atoms with van der Waals surface area (Å²) in [4.78, 5) is 4.11. The number of nitrogens with one attached hydrogen (secondary N) is 1. The second-order valence-corrected chi connectivity index (χ2v) is 3.83. The van der Waals surface area contributed by atoms with Gasteiger partial charge in [-0.1, -0.05) is 18.2 Å². The Morgan fingerprint density at radius 1 is 1.33 bits per heavy atom. The second kappa shape index (κ2) is 3.42. The molecule has 0 aliphatic carbocycles. The molecule has 2 heterocycles. The van der Waals surface area contributed by atoms with Crippen LogP contribution in [-0.4, -0.2) is 16.1 Å². The highest BCUT2D eigenvalue weighted by Gasteiger charge is 2.19. The molecule has 2 aromatic rings. The molecule has 0 bridgehead atoms. The number of hydrogen-bond donors (Lipinski definition) is 1. The van der Waals surface area contributed by atoms with Gasteiger partial charge >= 0.3 is 0 Å². The van der Waals surface area contributed by atoms with Gasteiger partial charge < -0.3 is 9.88 Å². The fourth-order valence-corrected chi connectivity index (χ4v) is 2.21. The molecule has 1 aliphatic rings. The molecule has 3 rings (SSSR count). The standard InChI is InChI=1S/C12H13N3/c1-2-4-11-10(3-1)12(5-6-14-11)15-8-7-13-9-15/h1-4,7-9,12,14H,5-6H2. The highest BCUT2D eigenvalue weighted by molar-refractivity contribution is 5.54. The molecule has 0 saturated heterocycles. The Kier molecular flexibility index (Phi) is 1.95. The van der Waals surface area contributed by atoms with E-state index in [0.717, 1.165) is 13.0 Å². The summed E-state index contributed by atoms with van der Waals surface area (Å²) in [6.45, 7) is 1.03. The molecular weight excluding hydrogens is 186 g/mol. The van der Waals surface area contributed by atoms with Crippen LogP contribution in [-0.2, 0) is 0 Å². The molecule has 0 amide bonds. The van der Waals surface area contributed by atoms with Crippen LogP contribution in [0.4, 0.5) is 5.69 Å². The van der Waals surface area contributed by atoms with E-state index >= 15 is 0 Å². The third-order valence-electron chi connectivity index (χ3n) is 2.94. The first-order chi connectivity index (χ1) is 7.45. The number of fused-ring (bicyclic) bond motifs is 1.